The summed E-state index contributed by atoms with van der Waals surface area (Å²) >= 11 is 0. The maximum Gasteiger partial charge on any atom is 0.310 e. The van der Waals surface area contributed by atoms with Crippen LogP contribution in [0.25, 0.3) is 0 Å². The zero-order valence-electron chi connectivity index (χ0n) is 14.7. The molecule has 0 radical (unpaired) electrons. The maximum absolute atomic E-state index is 14.0. The molecular weight excluding hydrogens is 396 g/mol. The molecule has 1 N–H and O–H groups in total. The normalized spacial score (nSPS) is 21.2. The molecule has 0 saturated heterocycles. The molecule has 6 nitrogen and oxygen atoms in total. The van der Waals surface area contributed by atoms with E-state index in [4.69, 9.17) is 9.29 Å². The Morgan fingerprint density at radius 2 is 1.48 bits per heavy atom. The van der Waals surface area contributed by atoms with E-state index in [-0.39, 0.29) is 0 Å². The molecule has 0 amide bonds. The Bertz CT molecular complexity index is 839. The van der Waals surface area contributed by atoms with E-state index in [1.54, 1.807) is 13.8 Å². The number of carbonyl (C=O) groups is 1. The van der Waals surface area contributed by atoms with Crippen LogP contribution >= 0.6 is 0 Å². The molecule has 152 valence electrons. The van der Waals surface area contributed by atoms with Crippen LogP contribution in [0.4, 0.5) is 17.6 Å². The highest BCUT2D eigenvalue weighted by atomic mass is 32.2. The van der Waals surface area contributed by atoms with Crippen molar-refractivity contribution in [2.24, 2.45) is 17.3 Å². The first-order valence-electron chi connectivity index (χ1n) is 7.77. The molecule has 0 heterocycles. The monoisotopic (exact) mass is 414 g/mol. The fraction of sp³-hybridized carbons (Fsp3) is 0.562. The molecule has 27 heavy (non-hydrogen) atoms. The van der Waals surface area contributed by atoms with Crippen LogP contribution in [0, 0.1) is 40.5 Å². The van der Waals surface area contributed by atoms with Crippen molar-refractivity contribution in [2.75, 3.05) is 12.9 Å². The number of carbonyl (C=O) groups excluding carboxylic acids is 1. The summed E-state index contributed by atoms with van der Waals surface area (Å²) in [6, 6.07) is 0. The molecule has 2 unspecified atom stereocenters. The van der Waals surface area contributed by atoms with Gasteiger partial charge >= 0.3 is 5.97 Å². The van der Waals surface area contributed by atoms with Gasteiger partial charge in [0.2, 0.25) is 0 Å². The zero-order chi connectivity index (χ0) is 20.7. The Morgan fingerprint density at radius 1 is 1.04 bits per heavy atom. The molecule has 1 saturated carbocycles. The van der Waals surface area contributed by atoms with Gasteiger partial charge in [0.25, 0.3) is 10.1 Å². The van der Waals surface area contributed by atoms with E-state index in [9.17, 15) is 30.8 Å². The zero-order valence-corrected chi connectivity index (χ0v) is 15.5. The van der Waals surface area contributed by atoms with Crippen molar-refractivity contribution in [3.63, 3.8) is 0 Å². The summed E-state index contributed by atoms with van der Waals surface area (Å²) in [5.74, 6) is -10.1. The third-order valence-electron chi connectivity index (χ3n) is 4.79. The molecule has 1 aliphatic rings. The van der Waals surface area contributed by atoms with E-state index in [2.05, 4.69) is 4.74 Å². The van der Waals surface area contributed by atoms with Crippen molar-refractivity contribution in [1.82, 2.24) is 0 Å². The predicted octanol–water partition coefficient (Wildman–Crippen LogP) is 2.59. The van der Waals surface area contributed by atoms with Gasteiger partial charge in [0.15, 0.2) is 23.3 Å². The lowest BCUT2D eigenvalue weighted by Crippen LogP contribution is -2.15. The third kappa shape index (κ3) is 4.25. The van der Waals surface area contributed by atoms with Gasteiger partial charge in [0, 0.05) is 7.11 Å². The van der Waals surface area contributed by atoms with Crippen LogP contribution in [-0.2, 0) is 37.6 Å². The molecule has 0 bridgehead atoms. The minimum absolute atomic E-state index is 0.683. The first-order chi connectivity index (χ1) is 12.3. The molecule has 2 atom stereocenters. The summed E-state index contributed by atoms with van der Waals surface area (Å²) in [5, 5.41) is 0. The van der Waals surface area contributed by atoms with Crippen LogP contribution < -0.4 is 0 Å². The fourth-order valence-electron chi connectivity index (χ4n) is 3.10. The SMILES string of the molecule is COCc1c(F)c(F)c(COC(=O)C2C(CS(=O)(=O)O)C2(C)C)c(F)c1F. The molecule has 1 aliphatic carbocycles. The van der Waals surface area contributed by atoms with E-state index < -0.39 is 86.7 Å². The first-order valence-corrected chi connectivity index (χ1v) is 9.38. The Morgan fingerprint density at radius 3 is 1.89 bits per heavy atom. The minimum Gasteiger partial charge on any atom is -0.460 e. The highest BCUT2D eigenvalue weighted by molar-refractivity contribution is 7.85. The van der Waals surface area contributed by atoms with E-state index in [0.717, 1.165) is 7.11 Å². The van der Waals surface area contributed by atoms with Crippen molar-refractivity contribution in [1.29, 1.82) is 0 Å². The number of esters is 1. The lowest BCUT2D eigenvalue weighted by Gasteiger charge is -2.12. The topological polar surface area (TPSA) is 89.9 Å². The van der Waals surface area contributed by atoms with Gasteiger partial charge < -0.3 is 9.47 Å². The van der Waals surface area contributed by atoms with Crippen molar-refractivity contribution in [3.05, 3.63) is 34.4 Å². The average molecular weight is 414 g/mol. The van der Waals surface area contributed by atoms with Crippen LogP contribution in [0.3, 0.4) is 0 Å². The predicted molar refractivity (Wildman–Crippen MR) is 84.0 cm³/mol. The van der Waals surface area contributed by atoms with Gasteiger partial charge in [-0.1, -0.05) is 13.8 Å². The standard InChI is InChI=1S/C16H18F4O6S/c1-16(2)9(6-27(22,23)24)10(16)15(21)26-5-8-13(19)11(17)7(4-25-3)12(18)14(8)20/h9-10H,4-6H2,1-3H3,(H,22,23,24). The summed E-state index contributed by atoms with van der Waals surface area (Å²) in [7, 11) is -3.25. The number of rotatable bonds is 7. The van der Waals surface area contributed by atoms with Gasteiger partial charge in [-0.3, -0.25) is 9.35 Å². The summed E-state index contributed by atoms with van der Waals surface area (Å²) < 4.78 is 95.8. The molecule has 0 aliphatic heterocycles. The highest BCUT2D eigenvalue weighted by Crippen LogP contribution is 2.59. The number of benzene rings is 1. The Hall–Kier alpha value is -1.72. The fourth-order valence-corrected chi connectivity index (χ4v) is 4.18. The highest BCUT2D eigenvalue weighted by Gasteiger charge is 2.63. The van der Waals surface area contributed by atoms with Crippen molar-refractivity contribution in [3.8, 4) is 0 Å². The lowest BCUT2D eigenvalue weighted by atomic mass is 10.1. The molecule has 0 spiro atoms. The van der Waals surface area contributed by atoms with E-state index in [1.807, 2.05) is 0 Å². The molecule has 11 heteroatoms. The van der Waals surface area contributed by atoms with Crippen LogP contribution in [-0.4, -0.2) is 31.8 Å². The average Bonchev–Trinajstić information content (AvgIpc) is 3.07. The molecule has 0 aromatic heterocycles. The van der Waals surface area contributed by atoms with E-state index >= 15 is 0 Å². The van der Waals surface area contributed by atoms with Crippen molar-refractivity contribution < 1.29 is 44.8 Å². The van der Waals surface area contributed by atoms with Crippen molar-refractivity contribution >= 4 is 16.1 Å². The number of ether oxygens (including phenoxy) is 2. The van der Waals surface area contributed by atoms with E-state index in [1.165, 1.54) is 0 Å². The van der Waals surface area contributed by atoms with Crippen LogP contribution in [0.1, 0.15) is 25.0 Å². The Balaban J connectivity index is 2.17. The summed E-state index contributed by atoms with van der Waals surface area (Å²) in [6.45, 7) is 1.32. The second-order valence-corrected chi connectivity index (χ2v) is 8.41. The molecule has 2 rings (SSSR count). The summed E-state index contributed by atoms with van der Waals surface area (Å²) in [6.07, 6.45) is 0. The molecule has 1 aromatic rings. The maximum atomic E-state index is 14.0. The summed E-state index contributed by atoms with van der Waals surface area (Å²) in [5.41, 5.74) is -2.87. The first kappa shape index (κ1) is 21.6. The number of hydrogen-bond acceptors (Lipinski definition) is 5. The van der Waals surface area contributed by atoms with E-state index in [0.29, 0.717) is 0 Å². The lowest BCUT2D eigenvalue weighted by molar-refractivity contribution is -0.147. The Kier molecular flexibility index (Phi) is 5.88. The number of hydrogen-bond donors (Lipinski definition) is 1. The van der Waals surface area contributed by atoms with Crippen LogP contribution in [0.5, 0.6) is 0 Å². The molecule has 1 fully saturated rings. The molecular formula is C16H18F4O6S. The van der Waals surface area contributed by atoms with Gasteiger partial charge in [-0.15, -0.1) is 0 Å². The third-order valence-corrected chi connectivity index (χ3v) is 5.57. The van der Waals surface area contributed by atoms with Gasteiger partial charge in [-0.2, -0.15) is 8.42 Å². The minimum atomic E-state index is -4.34. The van der Waals surface area contributed by atoms with Gasteiger partial charge in [0.1, 0.15) is 6.61 Å². The largest absolute Gasteiger partial charge is 0.460 e. The van der Waals surface area contributed by atoms with Gasteiger partial charge in [-0.25, -0.2) is 17.6 Å². The molecule has 1 aromatic carbocycles. The van der Waals surface area contributed by atoms with Gasteiger partial charge in [-0.05, 0) is 11.3 Å². The van der Waals surface area contributed by atoms with Crippen LogP contribution in [0.15, 0.2) is 0 Å². The second kappa shape index (κ2) is 7.36. The van der Waals surface area contributed by atoms with Gasteiger partial charge in [0.05, 0.1) is 29.4 Å². The van der Waals surface area contributed by atoms with Crippen molar-refractivity contribution in [2.45, 2.75) is 27.1 Å². The smallest absolute Gasteiger partial charge is 0.310 e. The second-order valence-electron chi connectivity index (χ2n) is 6.91. The number of halogens is 4. The number of methoxy groups -OCH3 is 1. The Labute approximate surface area is 153 Å². The summed E-state index contributed by atoms with van der Waals surface area (Å²) in [4.78, 5) is 12.1. The van der Waals surface area contributed by atoms with Crippen LogP contribution in [0.2, 0.25) is 0 Å². The quantitative estimate of drug-likeness (QED) is 0.319.